The molecule has 1 atom stereocenters. The van der Waals surface area contributed by atoms with Gasteiger partial charge in [0.25, 0.3) is 0 Å². The summed E-state index contributed by atoms with van der Waals surface area (Å²) >= 11 is 0. The van der Waals surface area contributed by atoms with E-state index in [2.05, 4.69) is 41.3 Å². The minimum Gasteiger partial charge on any atom is -0.496 e. The molecule has 0 N–H and O–H groups in total. The molecule has 0 spiro atoms. The van der Waals surface area contributed by atoms with E-state index in [0.717, 1.165) is 56.9 Å². The average Bonchev–Trinajstić information content (AvgIpc) is 3.22. The van der Waals surface area contributed by atoms with Crippen LogP contribution in [0.3, 0.4) is 0 Å². The molecule has 0 bridgehead atoms. The zero-order valence-corrected chi connectivity index (χ0v) is 16.8. The normalized spacial score (nSPS) is 20.5. The van der Waals surface area contributed by atoms with E-state index in [-0.39, 0.29) is 5.91 Å². The predicted molar refractivity (Wildman–Crippen MR) is 113 cm³/mol. The zero-order chi connectivity index (χ0) is 19.3. The third-order valence-corrected chi connectivity index (χ3v) is 6.15. The molecule has 28 heavy (non-hydrogen) atoms. The van der Waals surface area contributed by atoms with Crippen molar-refractivity contribution in [3.05, 3.63) is 59.7 Å². The van der Waals surface area contributed by atoms with E-state index in [1.54, 1.807) is 7.11 Å². The van der Waals surface area contributed by atoms with Crippen molar-refractivity contribution in [3.8, 4) is 5.75 Å². The van der Waals surface area contributed by atoms with Crippen molar-refractivity contribution in [1.29, 1.82) is 0 Å². The summed E-state index contributed by atoms with van der Waals surface area (Å²) in [6, 6.07) is 16.8. The van der Waals surface area contributed by atoms with Gasteiger partial charge in [-0.1, -0.05) is 36.4 Å². The number of piperidine rings is 1. The minimum atomic E-state index is 0.274. The smallest absolute Gasteiger partial charge is 0.226 e. The van der Waals surface area contributed by atoms with Gasteiger partial charge < -0.3 is 14.5 Å². The molecule has 2 aromatic carbocycles. The van der Waals surface area contributed by atoms with Crippen LogP contribution >= 0.6 is 0 Å². The number of likely N-dealkylation sites (tertiary alicyclic amines) is 1. The van der Waals surface area contributed by atoms with E-state index >= 15 is 0 Å². The van der Waals surface area contributed by atoms with Gasteiger partial charge in [-0.25, -0.2) is 0 Å². The van der Waals surface area contributed by atoms with Gasteiger partial charge in [-0.15, -0.1) is 0 Å². The molecular formula is C24H30N2O2. The minimum absolute atomic E-state index is 0.274. The number of anilines is 1. The highest BCUT2D eigenvalue weighted by atomic mass is 16.5. The molecule has 0 aromatic heterocycles. The Morgan fingerprint density at radius 2 is 1.86 bits per heavy atom. The average molecular weight is 379 g/mol. The fourth-order valence-electron chi connectivity index (χ4n) is 4.62. The number of amides is 1. The number of benzene rings is 2. The number of methoxy groups -OCH3 is 1. The first-order valence-corrected chi connectivity index (χ1v) is 10.5. The second-order valence-corrected chi connectivity index (χ2v) is 7.91. The number of carbonyl (C=O) groups is 1. The molecule has 148 valence electrons. The molecule has 2 aliphatic rings. The first-order chi connectivity index (χ1) is 13.8. The molecule has 0 aliphatic carbocycles. The van der Waals surface area contributed by atoms with Crippen LogP contribution in [0.25, 0.3) is 0 Å². The number of ether oxygens (including phenoxy) is 1. The largest absolute Gasteiger partial charge is 0.496 e. The van der Waals surface area contributed by atoms with Crippen LogP contribution in [0.1, 0.15) is 42.7 Å². The Labute approximate surface area is 168 Å². The Hall–Kier alpha value is -2.33. The Bertz CT molecular complexity index is 820. The van der Waals surface area contributed by atoms with Crippen molar-refractivity contribution >= 4 is 11.6 Å². The molecule has 1 unspecified atom stereocenters. The standard InChI is InChI=1S/C24H30N2O2/c1-28-23-11-5-3-9-21(23)20-14-17-25(18-20)16-13-19-8-2-4-10-22(19)26-15-7-6-12-24(26)27/h2-5,8-11,20H,6-7,12-18H2,1H3. The molecule has 1 amide bonds. The number of para-hydroxylation sites is 2. The highest BCUT2D eigenvalue weighted by Gasteiger charge is 2.26. The summed E-state index contributed by atoms with van der Waals surface area (Å²) in [6.07, 6.45) is 4.97. The van der Waals surface area contributed by atoms with Crippen molar-refractivity contribution in [2.75, 3.05) is 38.2 Å². The van der Waals surface area contributed by atoms with Gasteiger partial charge in [-0.2, -0.15) is 0 Å². The topological polar surface area (TPSA) is 32.8 Å². The Kier molecular flexibility index (Phi) is 5.96. The number of hydrogen-bond acceptors (Lipinski definition) is 3. The maximum atomic E-state index is 12.4. The van der Waals surface area contributed by atoms with Gasteiger partial charge in [0.1, 0.15) is 5.75 Å². The van der Waals surface area contributed by atoms with Crippen molar-refractivity contribution in [2.24, 2.45) is 0 Å². The zero-order valence-electron chi connectivity index (χ0n) is 16.8. The summed E-state index contributed by atoms with van der Waals surface area (Å²) < 4.78 is 5.56. The summed E-state index contributed by atoms with van der Waals surface area (Å²) in [4.78, 5) is 16.9. The van der Waals surface area contributed by atoms with E-state index in [4.69, 9.17) is 4.74 Å². The number of carbonyl (C=O) groups excluding carboxylic acids is 1. The van der Waals surface area contributed by atoms with Crippen molar-refractivity contribution in [2.45, 2.75) is 38.0 Å². The van der Waals surface area contributed by atoms with Gasteiger partial charge in [0, 0.05) is 37.7 Å². The fraction of sp³-hybridized carbons (Fsp3) is 0.458. The molecule has 2 saturated heterocycles. The van der Waals surface area contributed by atoms with E-state index < -0.39 is 0 Å². The van der Waals surface area contributed by atoms with Gasteiger partial charge in [-0.3, -0.25) is 4.79 Å². The molecule has 2 heterocycles. The maximum absolute atomic E-state index is 12.4. The lowest BCUT2D eigenvalue weighted by molar-refractivity contribution is -0.119. The van der Waals surface area contributed by atoms with Crippen LogP contribution in [0.4, 0.5) is 5.69 Å². The highest BCUT2D eigenvalue weighted by molar-refractivity contribution is 5.94. The second kappa shape index (κ2) is 8.78. The number of nitrogens with zero attached hydrogens (tertiary/aromatic N) is 2. The van der Waals surface area contributed by atoms with Crippen LogP contribution in [0.15, 0.2) is 48.5 Å². The van der Waals surface area contributed by atoms with Crippen LogP contribution in [0.5, 0.6) is 5.75 Å². The summed E-state index contributed by atoms with van der Waals surface area (Å²) in [5.74, 6) is 1.81. The summed E-state index contributed by atoms with van der Waals surface area (Å²) in [5, 5.41) is 0. The van der Waals surface area contributed by atoms with Gasteiger partial charge in [-0.05, 0) is 55.5 Å². The first-order valence-electron chi connectivity index (χ1n) is 10.5. The predicted octanol–water partition coefficient (Wildman–Crippen LogP) is 4.24. The molecule has 0 radical (unpaired) electrons. The number of rotatable bonds is 6. The molecular weight excluding hydrogens is 348 g/mol. The van der Waals surface area contributed by atoms with Gasteiger partial charge >= 0.3 is 0 Å². The SMILES string of the molecule is COc1ccccc1C1CCN(CCc2ccccc2N2CCCCC2=O)C1. The van der Waals surface area contributed by atoms with Crippen LogP contribution in [-0.4, -0.2) is 44.1 Å². The third kappa shape index (κ3) is 4.07. The molecule has 2 fully saturated rings. The summed E-state index contributed by atoms with van der Waals surface area (Å²) in [6.45, 7) is 4.08. The molecule has 4 heteroatoms. The summed E-state index contributed by atoms with van der Waals surface area (Å²) in [5.41, 5.74) is 3.73. The van der Waals surface area contributed by atoms with E-state index in [0.29, 0.717) is 12.3 Å². The lowest BCUT2D eigenvalue weighted by atomic mass is 9.97. The van der Waals surface area contributed by atoms with E-state index in [1.165, 1.54) is 17.5 Å². The Balaban J connectivity index is 1.40. The van der Waals surface area contributed by atoms with E-state index in [9.17, 15) is 4.79 Å². The van der Waals surface area contributed by atoms with Gasteiger partial charge in [0.05, 0.1) is 7.11 Å². The van der Waals surface area contributed by atoms with Gasteiger partial charge in [0.15, 0.2) is 0 Å². The van der Waals surface area contributed by atoms with Crippen molar-refractivity contribution in [1.82, 2.24) is 4.90 Å². The first kappa shape index (κ1) is 19.0. The maximum Gasteiger partial charge on any atom is 0.226 e. The van der Waals surface area contributed by atoms with Crippen molar-refractivity contribution in [3.63, 3.8) is 0 Å². The summed E-state index contributed by atoms with van der Waals surface area (Å²) in [7, 11) is 1.75. The van der Waals surface area contributed by atoms with Crippen LogP contribution < -0.4 is 9.64 Å². The van der Waals surface area contributed by atoms with E-state index in [1.807, 2.05) is 17.0 Å². The molecule has 4 nitrogen and oxygen atoms in total. The van der Waals surface area contributed by atoms with Crippen LogP contribution in [-0.2, 0) is 11.2 Å². The number of hydrogen-bond donors (Lipinski definition) is 0. The Morgan fingerprint density at radius 1 is 1.04 bits per heavy atom. The quantitative estimate of drug-likeness (QED) is 0.754. The van der Waals surface area contributed by atoms with Gasteiger partial charge in [0.2, 0.25) is 5.91 Å². The lowest BCUT2D eigenvalue weighted by Gasteiger charge is -2.29. The lowest BCUT2D eigenvalue weighted by Crippen LogP contribution is -2.36. The monoisotopic (exact) mass is 378 g/mol. The fourth-order valence-corrected chi connectivity index (χ4v) is 4.62. The molecule has 2 aliphatic heterocycles. The molecule has 0 saturated carbocycles. The van der Waals surface area contributed by atoms with Crippen molar-refractivity contribution < 1.29 is 9.53 Å². The van der Waals surface area contributed by atoms with Crippen LogP contribution in [0.2, 0.25) is 0 Å². The third-order valence-electron chi connectivity index (χ3n) is 6.15. The molecule has 2 aromatic rings. The second-order valence-electron chi connectivity index (χ2n) is 7.91. The van der Waals surface area contributed by atoms with Crippen LogP contribution in [0, 0.1) is 0 Å². The Morgan fingerprint density at radius 3 is 2.71 bits per heavy atom. The highest BCUT2D eigenvalue weighted by Crippen LogP contribution is 2.33. The molecule has 4 rings (SSSR count).